The second kappa shape index (κ2) is 8.99. The third-order valence-electron chi connectivity index (χ3n) is 3.33. The molecule has 6 heteroatoms. The fourth-order valence-corrected chi connectivity index (χ4v) is 3.85. The Balaban J connectivity index is 1.85. The summed E-state index contributed by atoms with van der Waals surface area (Å²) in [5.74, 6) is 0.423. The fraction of sp³-hybridized carbons (Fsp3) is 0.389. The minimum Gasteiger partial charge on any atom is -0.354 e. The zero-order valence-corrected chi connectivity index (χ0v) is 15.8. The van der Waals surface area contributed by atoms with Crippen molar-refractivity contribution in [1.82, 2.24) is 10.3 Å². The van der Waals surface area contributed by atoms with Gasteiger partial charge in [-0.15, -0.1) is 11.3 Å². The number of hydrogen-bond donors (Lipinski definition) is 1. The van der Waals surface area contributed by atoms with Gasteiger partial charge in [-0.1, -0.05) is 43.0 Å². The summed E-state index contributed by atoms with van der Waals surface area (Å²) >= 11 is 2.89. The Hall–Kier alpha value is -1.66. The van der Waals surface area contributed by atoms with Gasteiger partial charge in [0.1, 0.15) is 0 Å². The number of hydrogen-bond acceptors (Lipinski definition) is 5. The van der Waals surface area contributed by atoms with Crippen molar-refractivity contribution in [2.75, 3.05) is 5.75 Å². The molecule has 4 nitrogen and oxygen atoms in total. The number of aromatic nitrogens is 1. The summed E-state index contributed by atoms with van der Waals surface area (Å²) in [6.07, 6.45) is 1.25. The summed E-state index contributed by atoms with van der Waals surface area (Å²) in [6, 6.07) is 7.87. The second-order valence-corrected chi connectivity index (χ2v) is 7.85. The maximum absolute atomic E-state index is 12.2. The van der Waals surface area contributed by atoms with Crippen LogP contribution in [0.15, 0.2) is 34.0 Å². The number of thioether (sulfide) groups is 1. The number of amides is 1. The first-order chi connectivity index (χ1) is 11.5. The van der Waals surface area contributed by atoms with E-state index in [2.05, 4.69) is 17.2 Å². The molecule has 0 atom stereocenters. The van der Waals surface area contributed by atoms with Gasteiger partial charge in [0.25, 0.3) is 0 Å². The van der Waals surface area contributed by atoms with Crippen molar-refractivity contribution in [3.05, 3.63) is 46.5 Å². The lowest BCUT2D eigenvalue weighted by molar-refractivity contribution is -0.120. The van der Waals surface area contributed by atoms with Crippen LogP contribution < -0.4 is 5.32 Å². The van der Waals surface area contributed by atoms with Crippen LogP contribution in [0.5, 0.6) is 0 Å². The van der Waals surface area contributed by atoms with E-state index in [1.165, 1.54) is 28.7 Å². The van der Waals surface area contributed by atoms with Crippen molar-refractivity contribution in [2.24, 2.45) is 0 Å². The Kier molecular flexibility index (Phi) is 6.99. The van der Waals surface area contributed by atoms with E-state index < -0.39 is 0 Å². The van der Waals surface area contributed by atoms with E-state index in [1.807, 2.05) is 43.5 Å². The second-order valence-electron chi connectivity index (χ2n) is 5.77. The third-order valence-corrected chi connectivity index (χ3v) is 5.40. The highest BCUT2D eigenvalue weighted by Crippen LogP contribution is 2.24. The first-order valence-electron chi connectivity index (χ1n) is 7.96. The van der Waals surface area contributed by atoms with Crippen LogP contribution in [0.25, 0.3) is 0 Å². The molecule has 0 spiro atoms. The van der Waals surface area contributed by atoms with Gasteiger partial charge < -0.3 is 5.32 Å². The van der Waals surface area contributed by atoms with Crippen molar-refractivity contribution < 1.29 is 9.59 Å². The predicted octanol–water partition coefficient (Wildman–Crippen LogP) is 3.75. The molecule has 128 valence electrons. The monoisotopic (exact) mass is 362 g/mol. The number of benzene rings is 1. The molecule has 0 fully saturated rings. The molecule has 2 aromatic rings. The SMILES string of the molecule is CCc1ccc(C(=O)CSc2nc(CC(=O)NC(C)C)cs2)cc1. The fourth-order valence-electron chi connectivity index (χ4n) is 2.11. The van der Waals surface area contributed by atoms with Crippen LogP contribution in [0.2, 0.25) is 0 Å². The molecule has 0 aliphatic rings. The summed E-state index contributed by atoms with van der Waals surface area (Å²) in [5, 5.41) is 4.72. The van der Waals surface area contributed by atoms with Crippen molar-refractivity contribution in [3.63, 3.8) is 0 Å². The Morgan fingerprint density at radius 1 is 1.25 bits per heavy atom. The molecule has 1 N–H and O–H groups in total. The molecule has 1 heterocycles. The number of rotatable bonds is 8. The van der Waals surface area contributed by atoms with E-state index in [0.717, 1.165) is 22.0 Å². The Morgan fingerprint density at radius 2 is 1.96 bits per heavy atom. The van der Waals surface area contributed by atoms with Gasteiger partial charge in [-0.25, -0.2) is 4.98 Å². The molecule has 24 heavy (non-hydrogen) atoms. The number of nitrogens with zero attached hydrogens (tertiary/aromatic N) is 1. The minimum absolute atomic E-state index is 0.0288. The molecule has 0 saturated carbocycles. The maximum atomic E-state index is 12.2. The summed E-state index contributed by atoms with van der Waals surface area (Å²) in [4.78, 5) is 28.4. The Bertz CT molecular complexity index is 693. The average Bonchev–Trinajstić information content (AvgIpc) is 2.99. The van der Waals surface area contributed by atoms with Crippen molar-refractivity contribution in [1.29, 1.82) is 0 Å². The molecule has 0 bridgehead atoms. The molecule has 0 radical (unpaired) electrons. The maximum Gasteiger partial charge on any atom is 0.226 e. The largest absolute Gasteiger partial charge is 0.354 e. The number of thiazole rings is 1. The first kappa shape index (κ1) is 18.7. The molecule has 0 unspecified atom stereocenters. The molecule has 1 aromatic heterocycles. The molecular weight excluding hydrogens is 340 g/mol. The van der Waals surface area contributed by atoms with Crippen LogP contribution in [0.1, 0.15) is 42.4 Å². The van der Waals surface area contributed by atoms with Crippen LogP contribution in [0.3, 0.4) is 0 Å². The van der Waals surface area contributed by atoms with E-state index in [1.54, 1.807) is 0 Å². The van der Waals surface area contributed by atoms with Gasteiger partial charge in [0.15, 0.2) is 10.1 Å². The van der Waals surface area contributed by atoms with Gasteiger partial charge in [0.05, 0.1) is 17.9 Å². The number of carbonyl (C=O) groups excluding carboxylic acids is 2. The van der Waals surface area contributed by atoms with E-state index in [9.17, 15) is 9.59 Å². The first-order valence-corrected chi connectivity index (χ1v) is 9.83. The van der Waals surface area contributed by atoms with E-state index in [4.69, 9.17) is 0 Å². The van der Waals surface area contributed by atoms with Gasteiger partial charge in [0, 0.05) is 17.0 Å². The highest BCUT2D eigenvalue weighted by atomic mass is 32.2. The van der Waals surface area contributed by atoms with Gasteiger partial charge >= 0.3 is 0 Å². The van der Waals surface area contributed by atoms with Crippen LogP contribution in [-0.4, -0.2) is 28.5 Å². The molecule has 1 aromatic carbocycles. The summed E-state index contributed by atoms with van der Waals surface area (Å²) in [6.45, 7) is 5.95. The van der Waals surface area contributed by atoms with E-state index in [0.29, 0.717) is 5.75 Å². The molecule has 0 saturated heterocycles. The van der Waals surface area contributed by atoms with Gasteiger partial charge in [-0.2, -0.15) is 0 Å². The van der Waals surface area contributed by atoms with Crippen LogP contribution in [-0.2, 0) is 17.6 Å². The highest BCUT2D eigenvalue weighted by Gasteiger charge is 2.11. The number of carbonyl (C=O) groups is 2. The Labute approximate surface area is 151 Å². The molecule has 2 rings (SSSR count). The zero-order valence-electron chi connectivity index (χ0n) is 14.2. The van der Waals surface area contributed by atoms with Crippen LogP contribution in [0.4, 0.5) is 0 Å². The van der Waals surface area contributed by atoms with Gasteiger partial charge in [0.2, 0.25) is 5.91 Å². The number of Topliss-reactive ketones (excluding diaryl/α,β-unsaturated/α-hetero) is 1. The van der Waals surface area contributed by atoms with Crippen LogP contribution in [0, 0.1) is 0 Å². The number of aryl methyl sites for hydroxylation is 1. The molecule has 0 aliphatic heterocycles. The molecule has 0 aliphatic carbocycles. The van der Waals surface area contributed by atoms with Crippen molar-refractivity contribution >= 4 is 34.8 Å². The quantitative estimate of drug-likeness (QED) is 0.574. The van der Waals surface area contributed by atoms with E-state index in [-0.39, 0.29) is 24.2 Å². The lowest BCUT2D eigenvalue weighted by atomic mass is 10.1. The van der Waals surface area contributed by atoms with Crippen LogP contribution >= 0.6 is 23.1 Å². The topological polar surface area (TPSA) is 59.1 Å². The van der Waals surface area contributed by atoms with Crippen molar-refractivity contribution in [3.8, 4) is 0 Å². The Morgan fingerprint density at radius 3 is 2.58 bits per heavy atom. The highest BCUT2D eigenvalue weighted by molar-refractivity contribution is 8.01. The lowest BCUT2D eigenvalue weighted by Gasteiger charge is -2.06. The lowest BCUT2D eigenvalue weighted by Crippen LogP contribution is -2.31. The van der Waals surface area contributed by atoms with E-state index >= 15 is 0 Å². The van der Waals surface area contributed by atoms with Crippen molar-refractivity contribution in [2.45, 2.75) is 44.0 Å². The molecule has 1 amide bonds. The number of ketones is 1. The van der Waals surface area contributed by atoms with Gasteiger partial charge in [-0.05, 0) is 25.8 Å². The summed E-state index contributed by atoms with van der Waals surface area (Å²) < 4.78 is 0.820. The normalized spacial score (nSPS) is 10.8. The zero-order chi connectivity index (χ0) is 17.5. The standard InChI is InChI=1S/C18H22N2O2S2/c1-4-13-5-7-14(8-6-13)16(21)11-24-18-20-15(10-23-18)9-17(22)19-12(2)3/h5-8,10,12H,4,9,11H2,1-3H3,(H,19,22). The number of nitrogens with one attached hydrogen (secondary N) is 1. The minimum atomic E-state index is -0.0288. The molecular formula is C18H22N2O2S2. The third kappa shape index (κ3) is 5.76. The summed E-state index contributed by atoms with van der Waals surface area (Å²) in [5.41, 5.74) is 2.71. The van der Waals surface area contributed by atoms with Gasteiger partial charge in [-0.3, -0.25) is 9.59 Å². The average molecular weight is 363 g/mol. The predicted molar refractivity (Wildman–Crippen MR) is 100.0 cm³/mol. The smallest absolute Gasteiger partial charge is 0.226 e. The summed E-state index contributed by atoms with van der Waals surface area (Å²) in [7, 11) is 0.